The van der Waals surface area contributed by atoms with Crippen LogP contribution in [0.15, 0.2) is 24.3 Å². The molecule has 17 heavy (non-hydrogen) atoms. The molecule has 0 saturated heterocycles. The number of hydrogen-bond donors (Lipinski definition) is 2. The molecule has 0 amide bonds. The third-order valence-electron chi connectivity index (χ3n) is 3.40. The monoisotopic (exact) mass is 234 g/mol. The number of nitrogens with two attached hydrogens (primary N) is 1. The summed E-state index contributed by atoms with van der Waals surface area (Å²) >= 11 is 0. The Morgan fingerprint density at radius 3 is 2.82 bits per heavy atom. The minimum atomic E-state index is -0.00642. The molecule has 1 aromatic carbocycles. The number of benzene rings is 1. The van der Waals surface area contributed by atoms with Crippen LogP contribution in [0.25, 0.3) is 0 Å². The van der Waals surface area contributed by atoms with Crippen molar-refractivity contribution in [1.29, 1.82) is 0 Å². The van der Waals surface area contributed by atoms with Crippen LogP contribution in [-0.2, 0) is 0 Å². The van der Waals surface area contributed by atoms with E-state index >= 15 is 0 Å². The van der Waals surface area contributed by atoms with E-state index in [2.05, 4.69) is 18.3 Å². The van der Waals surface area contributed by atoms with Crippen LogP contribution >= 0.6 is 0 Å². The van der Waals surface area contributed by atoms with Crippen molar-refractivity contribution < 1.29 is 4.74 Å². The predicted octanol–water partition coefficient (Wildman–Crippen LogP) is 2.62. The number of nitrogens with one attached hydrogen (secondary N) is 1. The summed E-state index contributed by atoms with van der Waals surface area (Å²) in [5.74, 6) is 1.74. The maximum atomic E-state index is 5.91. The lowest BCUT2D eigenvalue weighted by Gasteiger charge is -2.31. The lowest BCUT2D eigenvalue weighted by atomic mass is 9.94. The van der Waals surface area contributed by atoms with Crippen LogP contribution in [0.3, 0.4) is 0 Å². The zero-order valence-electron chi connectivity index (χ0n) is 10.7. The first kappa shape index (κ1) is 12.2. The van der Waals surface area contributed by atoms with E-state index in [0.717, 1.165) is 23.8 Å². The van der Waals surface area contributed by atoms with E-state index in [4.69, 9.17) is 10.5 Å². The normalized spacial score (nSPS) is 18.5. The minimum Gasteiger partial charge on any atom is -0.497 e. The second-order valence-electron chi connectivity index (χ2n) is 5.27. The molecule has 0 heterocycles. The molecular weight excluding hydrogens is 212 g/mol. The second kappa shape index (κ2) is 4.96. The highest BCUT2D eigenvalue weighted by molar-refractivity contribution is 5.50. The number of anilines is 1. The van der Waals surface area contributed by atoms with E-state index in [1.54, 1.807) is 7.11 Å². The van der Waals surface area contributed by atoms with Crippen molar-refractivity contribution in [3.8, 4) is 5.75 Å². The third kappa shape index (κ3) is 3.37. The van der Waals surface area contributed by atoms with Crippen molar-refractivity contribution in [3.05, 3.63) is 24.3 Å². The number of rotatable bonds is 6. The number of methoxy groups -OCH3 is 1. The first-order valence-corrected chi connectivity index (χ1v) is 6.27. The van der Waals surface area contributed by atoms with E-state index < -0.39 is 0 Å². The summed E-state index contributed by atoms with van der Waals surface area (Å²) in [6, 6.07) is 8.02. The van der Waals surface area contributed by atoms with Gasteiger partial charge in [0.2, 0.25) is 0 Å². The summed E-state index contributed by atoms with van der Waals surface area (Å²) in [6.45, 7) is 2.85. The smallest absolute Gasteiger partial charge is 0.120 e. The van der Waals surface area contributed by atoms with Gasteiger partial charge in [0.15, 0.2) is 0 Å². The van der Waals surface area contributed by atoms with E-state index in [1.807, 2.05) is 18.2 Å². The molecule has 0 aromatic heterocycles. The van der Waals surface area contributed by atoms with E-state index in [0.29, 0.717) is 6.54 Å². The molecule has 94 valence electrons. The predicted molar refractivity (Wildman–Crippen MR) is 71.4 cm³/mol. The molecule has 0 aliphatic heterocycles. The van der Waals surface area contributed by atoms with Crippen LogP contribution in [0.5, 0.6) is 5.75 Å². The topological polar surface area (TPSA) is 47.3 Å². The van der Waals surface area contributed by atoms with Gasteiger partial charge in [0, 0.05) is 23.8 Å². The molecule has 1 atom stereocenters. The fraction of sp³-hybridized carbons (Fsp3) is 0.571. The van der Waals surface area contributed by atoms with Gasteiger partial charge in [-0.1, -0.05) is 18.9 Å². The molecule has 0 radical (unpaired) electrons. The van der Waals surface area contributed by atoms with Crippen molar-refractivity contribution in [3.63, 3.8) is 0 Å². The molecule has 1 aliphatic carbocycles. The largest absolute Gasteiger partial charge is 0.497 e. The highest BCUT2D eigenvalue weighted by Crippen LogP contribution is 2.37. The standard InChI is InChI=1S/C14H22N2O/c1-14(10-15,9-11-6-7-11)16-12-4-3-5-13(8-12)17-2/h3-5,8,11,16H,6-7,9-10,15H2,1-2H3. The quantitative estimate of drug-likeness (QED) is 0.795. The summed E-state index contributed by atoms with van der Waals surface area (Å²) in [7, 11) is 1.69. The van der Waals surface area contributed by atoms with Crippen molar-refractivity contribution in [2.24, 2.45) is 11.7 Å². The van der Waals surface area contributed by atoms with Gasteiger partial charge < -0.3 is 15.8 Å². The highest BCUT2D eigenvalue weighted by atomic mass is 16.5. The van der Waals surface area contributed by atoms with E-state index in [9.17, 15) is 0 Å². The van der Waals surface area contributed by atoms with Crippen molar-refractivity contribution in [2.75, 3.05) is 19.0 Å². The molecule has 3 N–H and O–H groups in total. The summed E-state index contributed by atoms with van der Waals surface area (Å²) in [5.41, 5.74) is 6.98. The first-order chi connectivity index (χ1) is 8.15. The summed E-state index contributed by atoms with van der Waals surface area (Å²) < 4.78 is 5.23. The van der Waals surface area contributed by atoms with Gasteiger partial charge in [0.25, 0.3) is 0 Å². The van der Waals surface area contributed by atoms with Crippen molar-refractivity contribution >= 4 is 5.69 Å². The van der Waals surface area contributed by atoms with Crippen LogP contribution in [0.1, 0.15) is 26.2 Å². The lowest BCUT2D eigenvalue weighted by molar-refractivity contribution is 0.414. The van der Waals surface area contributed by atoms with Gasteiger partial charge >= 0.3 is 0 Å². The molecule has 1 aliphatic rings. The van der Waals surface area contributed by atoms with Gasteiger partial charge in [0.05, 0.1) is 7.11 Å². The fourth-order valence-electron chi connectivity index (χ4n) is 2.19. The Morgan fingerprint density at radius 2 is 2.24 bits per heavy atom. The second-order valence-corrected chi connectivity index (χ2v) is 5.27. The van der Waals surface area contributed by atoms with E-state index in [-0.39, 0.29) is 5.54 Å². The Labute approximate surface area is 103 Å². The van der Waals surface area contributed by atoms with Crippen molar-refractivity contribution in [1.82, 2.24) is 0 Å². The summed E-state index contributed by atoms with van der Waals surface area (Å²) in [5, 5.41) is 3.55. The van der Waals surface area contributed by atoms with Crippen LogP contribution in [0.2, 0.25) is 0 Å². The average molecular weight is 234 g/mol. The van der Waals surface area contributed by atoms with Crippen LogP contribution in [0, 0.1) is 5.92 Å². The van der Waals surface area contributed by atoms with Gasteiger partial charge in [-0.05, 0) is 31.4 Å². The first-order valence-electron chi connectivity index (χ1n) is 6.27. The van der Waals surface area contributed by atoms with Gasteiger partial charge in [-0.25, -0.2) is 0 Å². The van der Waals surface area contributed by atoms with Crippen LogP contribution < -0.4 is 15.8 Å². The maximum absolute atomic E-state index is 5.91. The molecule has 1 saturated carbocycles. The highest BCUT2D eigenvalue weighted by Gasteiger charge is 2.32. The Bertz CT molecular complexity index is 376. The molecule has 3 heteroatoms. The Kier molecular flexibility index (Phi) is 3.57. The molecule has 2 rings (SSSR count). The summed E-state index contributed by atoms with van der Waals surface area (Å²) in [4.78, 5) is 0. The Balaban J connectivity index is 2.05. The Morgan fingerprint density at radius 1 is 1.47 bits per heavy atom. The SMILES string of the molecule is COc1cccc(NC(C)(CN)CC2CC2)c1. The zero-order chi connectivity index (χ0) is 12.3. The van der Waals surface area contributed by atoms with Gasteiger partial charge in [0.1, 0.15) is 5.75 Å². The third-order valence-corrected chi connectivity index (χ3v) is 3.40. The molecule has 1 unspecified atom stereocenters. The lowest BCUT2D eigenvalue weighted by Crippen LogP contribution is -2.43. The van der Waals surface area contributed by atoms with Gasteiger partial charge in [-0.2, -0.15) is 0 Å². The molecular formula is C14H22N2O. The van der Waals surface area contributed by atoms with Crippen LogP contribution in [0.4, 0.5) is 5.69 Å². The molecule has 0 spiro atoms. The minimum absolute atomic E-state index is 0.00642. The molecule has 0 bridgehead atoms. The molecule has 3 nitrogen and oxygen atoms in total. The Hall–Kier alpha value is -1.22. The van der Waals surface area contributed by atoms with Gasteiger partial charge in [-0.15, -0.1) is 0 Å². The number of hydrogen-bond acceptors (Lipinski definition) is 3. The molecule has 1 fully saturated rings. The fourth-order valence-corrected chi connectivity index (χ4v) is 2.19. The van der Waals surface area contributed by atoms with Crippen molar-refractivity contribution in [2.45, 2.75) is 31.7 Å². The van der Waals surface area contributed by atoms with Crippen LogP contribution in [-0.4, -0.2) is 19.2 Å². The average Bonchev–Trinajstić information content (AvgIpc) is 3.13. The number of ether oxygens (including phenoxy) is 1. The maximum Gasteiger partial charge on any atom is 0.120 e. The zero-order valence-corrected chi connectivity index (χ0v) is 10.7. The van der Waals surface area contributed by atoms with E-state index in [1.165, 1.54) is 12.8 Å². The van der Waals surface area contributed by atoms with Gasteiger partial charge in [-0.3, -0.25) is 0 Å². The molecule has 1 aromatic rings. The summed E-state index contributed by atoms with van der Waals surface area (Å²) in [6.07, 6.45) is 3.87.